The summed E-state index contributed by atoms with van der Waals surface area (Å²) in [7, 11) is -3.69. The van der Waals surface area contributed by atoms with Crippen molar-refractivity contribution in [2.45, 2.75) is 43.9 Å². The van der Waals surface area contributed by atoms with Gasteiger partial charge in [-0.15, -0.1) is 11.3 Å². The van der Waals surface area contributed by atoms with Crippen LogP contribution in [0.4, 0.5) is 11.4 Å². The molecule has 2 heterocycles. The quantitative estimate of drug-likeness (QED) is 0.775. The zero-order chi connectivity index (χ0) is 20.5. The van der Waals surface area contributed by atoms with Gasteiger partial charge in [0.1, 0.15) is 10.3 Å². The maximum absolute atomic E-state index is 12.9. The standard InChI is InChI=1S/C19H23N3O4S2/c1-12-11-15(7-8-16(12)20-14(3)23)21-19(24)17-5-4-10-22(17)28(25,26)18-9-6-13(2)27-18/h6-9,11,17H,4-5,10H2,1-3H3,(H,20,23)(H,21,24). The molecule has 7 nitrogen and oxygen atoms in total. The summed E-state index contributed by atoms with van der Waals surface area (Å²) >= 11 is 1.21. The van der Waals surface area contributed by atoms with Gasteiger partial charge >= 0.3 is 0 Å². The number of rotatable bonds is 5. The molecule has 0 aliphatic carbocycles. The summed E-state index contributed by atoms with van der Waals surface area (Å²) in [6.45, 7) is 5.44. The molecule has 1 aromatic carbocycles. The predicted octanol–water partition coefficient (Wildman–Crippen LogP) is 3.12. The van der Waals surface area contributed by atoms with Gasteiger partial charge in [0.15, 0.2) is 0 Å². The minimum Gasteiger partial charge on any atom is -0.326 e. The number of nitrogens with zero attached hydrogens (tertiary/aromatic N) is 1. The van der Waals surface area contributed by atoms with E-state index in [0.29, 0.717) is 30.8 Å². The maximum atomic E-state index is 12.9. The monoisotopic (exact) mass is 421 g/mol. The van der Waals surface area contributed by atoms with E-state index in [2.05, 4.69) is 10.6 Å². The molecule has 150 valence electrons. The van der Waals surface area contributed by atoms with E-state index in [1.807, 2.05) is 13.8 Å². The van der Waals surface area contributed by atoms with Crippen LogP contribution in [0.5, 0.6) is 0 Å². The molecule has 1 aliphatic heterocycles. The summed E-state index contributed by atoms with van der Waals surface area (Å²) in [5.74, 6) is -0.517. The van der Waals surface area contributed by atoms with Gasteiger partial charge in [-0.1, -0.05) is 0 Å². The van der Waals surface area contributed by atoms with Gasteiger partial charge < -0.3 is 10.6 Å². The molecule has 9 heteroatoms. The third-order valence-electron chi connectivity index (χ3n) is 4.59. The first kappa shape index (κ1) is 20.5. The van der Waals surface area contributed by atoms with Crippen molar-refractivity contribution in [2.75, 3.05) is 17.2 Å². The van der Waals surface area contributed by atoms with Crippen LogP contribution in [0.1, 0.15) is 30.2 Å². The van der Waals surface area contributed by atoms with Crippen LogP contribution in [0.15, 0.2) is 34.5 Å². The summed E-state index contributed by atoms with van der Waals surface area (Å²) in [6.07, 6.45) is 1.13. The fourth-order valence-electron chi connectivity index (χ4n) is 3.25. The average molecular weight is 422 g/mol. The van der Waals surface area contributed by atoms with E-state index in [4.69, 9.17) is 0 Å². The number of carbonyl (C=O) groups is 2. The lowest BCUT2D eigenvalue weighted by Gasteiger charge is -2.23. The summed E-state index contributed by atoms with van der Waals surface area (Å²) in [5.41, 5.74) is 2.04. The Morgan fingerprint density at radius 3 is 2.50 bits per heavy atom. The molecule has 0 saturated carbocycles. The Balaban J connectivity index is 1.76. The van der Waals surface area contributed by atoms with Gasteiger partial charge in [0, 0.05) is 29.7 Å². The van der Waals surface area contributed by atoms with E-state index in [-0.39, 0.29) is 16.0 Å². The normalized spacial score (nSPS) is 17.5. The third-order valence-corrected chi connectivity index (χ3v) is 7.97. The smallest absolute Gasteiger partial charge is 0.253 e. The van der Waals surface area contributed by atoms with E-state index in [0.717, 1.165) is 10.4 Å². The molecule has 1 fully saturated rings. The number of hydrogen-bond acceptors (Lipinski definition) is 5. The first-order valence-corrected chi connectivity index (χ1v) is 11.2. The second-order valence-corrected chi connectivity index (χ2v) is 10.2. The number of nitrogens with one attached hydrogen (secondary N) is 2. The molecule has 28 heavy (non-hydrogen) atoms. The van der Waals surface area contributed by atoms with Crippen molar-refractivity contribution < 1.29 is 18.0 Å². The highest BCUT2D eigenvalue weighted by Gasteiger charge is 2.40. The molecule has 1 unspecified atom stereocenters. The van der Waals surface area contributed by atoms with Crippen molar-refractivity contribution in [3.05, 3.63) is 40.8 Å². The number of sulfonamides is 1. The minimum absolute atomic E-state index is 0.171. The van der Waals surface area contributed by atoms with Crippen LogP contribution < -0.4 is 10.6 Å². The maximum Gasteiger partial charge on any atom is 0.253 e. The van der Waals surface area contributed by atoms with Crippen molar-refractivity contribution in [1.82, 2.24) is 4.31 Å². The Kier molecular flexibility index (Phi) is 5.87. The Bertz CT molecular complexity index is 1010. The molecule has 2 aromatic rings. The van der Waals surface area contributed by atoms with Gasteiger partial charge in [0.25, 0.3) is 10.0 Å². The second-order valence-electron chi connectivity index (χ2n) is 6.84. The van der Waals surface area contributed by atoms with E-state index in [9.17, 15) is 18.0 Å². The van der Waals surface area contributed by atoms with Crippen molar-refractivity contribution >= 4 is 44.5 Å². The van der Waals surface area contributed by atoms with Crippen LogP contribution in [-0.2, 0) is 19.6 Å². The van der Waals surface area contributed by atoms with E-state index >= 15 is 0 Å². The van der Waals surface area contributed by atoms with Crippen molar-refractivity contribution in [3.63, 3.8) is 0 Å². The number of anilines is 2. The van der Waals surface area contributed by atoms with Gasteiger partial charge in [-0.3, -0.25) is 9.59 Å². The third kappa shape index (κ3) is 4.26. The molecule has 3 rings (SSSR count). The minimum atomic E-state index is -3.69. The highest BCUT2D eigenvalue weighted by molar-refractivity contribution is 7.91. The van der Waals surface area contributed by atoms with Crippen molar-refractivity contribution in [1.29, 1.82) is 0 Å². The van der Waals surface area contributed by atoms with E-state index in [1.54, 1.807) is 30.3 Å². The lowest BCUT2D eigenvalue weighted by molar-refractivity contribution is -0.119. The number of aryl methyl sites for hydroxylation is 2. The predicted molar refractivity (Wildman–Crippen MR) is 110 cm³/mol. The Morgan fingerprint density at radius 1 is 1.14 bits per heavy atom. The van der Waals surface area contributed by atoms with Gasteiger partial charge in [0.2, 0.25) is 11.8 Å². The zero-order valence-corrected chi connectivity index (χ0v) is 17.6. The largest absolute Gasteiger partial charge is 0.326 e. The second kappa shape index (κ2) is 8.02. The molecule has 1 atom stereocenters. The number of thiophene rings is 1. The van der Waals surface area contributed by atoms with Gasteiger partial charge in [0.05, 0.1) is 0 Å². The van der Waals surface area contributed by atoms with Crippen LogP contribution >= 0.6 is 11.3 Å². The molecular weight excluding hydrogens is 398 g/mol. The molecule has 1 aliphatic rings. The summed E-state index contributed by atoms with van der Waals surface area (Å²) in [6, 6.07) is 7.77. The molecular formula is C19H23N3O4S2. The molecule has 0 spiro atoms. The molecule has 2 amide bonds. The van der Waals surface area contributed by atoms with Gasteiger partial charge in [-0.2, -0.15) is 4.31 Å². The van der Waals surface area contributed by atoms with E-state index in [1.165, 1.54) is 22.6 Å². The Labute approximate surface area is 168 Å². The van der Waals surface area contributed by atoms with Gasteiger partial charge in [-0.25, -0.2) is 8.42 Å². The lowest BCUT2D eigenvalue weighted by atomic mass is 10.1. The first-order chi connectivity index (χ1) is 13.2. The van der Waals surface area contributed by atoms with Crippen LogP contribution in [0.3, 0.4) is 0 Å². The Morgan fingerprint density at radius 2 is 1.89 bits per heavy atom. The first-order valence-electron chi connectivity index (χ1n) is 8.96. The van der Waals surface area contributed by atoms with Crippen LogP contribution in [-0.4, -0.2) is 37.1 Å². The molecule has 1 saturated heterocycles. The Hall–Kier alpha value is -2.23. The lowest BCUT2D eigenvalue weighted by Crippen LogP contribution is -2.42. The highest BCUT2D eigenvalue weighted by atomic mass is 32.2. The zero-order valence-electron chi connectivity index (χ0n) is 16.0. The summed E-state index contributed by atoms with van der Waals surface area (Å²) in [4.78, 5) is 24.9. The highest BCUT2D eigenvalue weighted by Crippen LogP contribution is 2.31. The van der Waals surface area contributed by atoms with Crippen LogP contribution in [0, 0.1) is 13.8 Å². The number of amides is 2. The van der Waals surface area contributed by atoms with Gasteiger partial charge in [-0.05, 0) is 62.6 Å². The molecule has 2 N–H and O–H groups in total. The van der Waals surface area contributed by atoms with Crippen molar-refractivity contribution in [2.24, 2.45) is 0 Å². The fraction of sp³-hybridized carbons (Fsp3) is 0.368. The van der Waals surface area contributed by atoms with Crippen molar-refractivity contribution in [3.8, 4) is 0 Å². The summed E-state index contributed by atoms with van der Waals surface area (Å²) < 4.78 is 27.4. The summed E-state index contributed by atoms with van der Waals surface area (Å²) in [5, 5.41) is 5.53. The number of carbonyl (C=O) groups excluding carboxylic acids is 2. The number of benzene rings is 1. The van der Waals surface area contributed by atoms with Crippen LogP contribution in [0.2, 0.25) is 0 Å². The topological polar surface area (TPSA) is 95.6 Å². The fourth-order valence-corrected chi connectivity index (χ4v) is 6.32. The van der Waals surface area contributed by atoms with Crippen LogP contribution in [0.25, 0.3) is 0 Å². The molecule has 0 radical (unpaired) electrons. The number of hydrogen-bond donors (Lipinski definition) is 2. The SMILES string of the molecule is CC(=O)Nc1ccc(NC(=O)C2CCCN2S(=O)(=O)c2ccc(C)s2)cc1C. The molecule has 0 bridgehead atoms. The van der Waals surface area contributed by atoms with E-state index < -0.39 is 16.1 Å². The molecule has 1 aromatic heterocycles. The average Bonchev–Trinajstić information content (AvgIpc) is 3.26.